The van der Waals surface area contributed by atoms with Crippen LogP contribution in [-0.4, -0.2) is 57.2 Å². The molecule has 0 radical (unpaired) electrons. The van der Waals surface area contributed by atoms with E-state index >= 15 is 0 Å². The van der Waals surface area contributed by atoms with Gasteiger partial charge in [0.25, 0.3) is 0 Å². The average molecular weight is 490 g/mol. The van der Waals surface area contributed by atoms with Crippen molar-refractivity contribution in [1.29, 1.82) is 0 Å². The summed E-state index contributed by atoms with van der Waals surface area (Å²) in [6.45, 7) is 0.540. The highest BCUT2D eigenvalue weighted by Crippen LogP contribution is 2.38. The van der Waals surface area contributed by atoms with Gasteiger partial charge in [0.15, 0.2) is 0 Å². The number of imide groups is 1. The molecule has 12 heteroatoms. The zero-order valence-electron chi connectivity index (χ0n) is 18.8. The molecular weight excluding hydrogens is 465 g/mol. The number of rotatable bonds is 6. The van der Waals surface area contributed by atoms with Crippen LogP contribution in [0.2, 0.25) is 0 Å². The molecule has 0 saturated carbocycles. The molecule has 0 unspecified atom stereocenters. The molecule has 9 nitrogen and oxygen atoms in total. The lowest BCUT2D eigenvalue weighted by molar-refractivity contribution is -0.137. The number of hydrogen-bond acceptors (Lipinski definition) is 6. The fourth-order valence-electron chi connectivity index (χ4n) is 4.48. The number of urea groups is 1. The number of benzene rings is 1. The van der Waals surface area contributed by atoms with Gasteiger partial charge in [-0.3, -0.25) is 14.5 Å². The van der Waals surface area contributed by atoms with Crippen molar-refractivity contribution in [2.24, 2.45) is 0 Å². The first-order chi connectivity index (χ1) is 16.6. The van der Waals surface area contributed by atoms with E-state index in [4.69, 9.17) is 5.73 Å². The molecule has 0 aliphatic carbocycles. The second-order valence-corrected chi connectivity index (χ2v) is 8.51. The fraction of sp³-hybridized carbons (Fsp3) is 0.435. The Kier molecular flexibility index (Phi) is 6.90. The number of nitrogens with zero attached hydrogens (tertiary/aromatic N) is 4. The van der Waals surface area contributed by atoms with Gasteiger partial charge in [-0.15, -0.1) is 0 Å². The zero-order valence-corrected chi connectivity index (χ0v) is 18.8. The number of likely N-dealkylation sites (tertiary alicyclic amines) is 1. The number of nitrogen functional groups attached to an aromatic ring is 1. The van der Waals surface area contributed by atoms with Gasteiger partial charge in [0.2, 0.25) is 17.8 Å². The lowest BCUT2D eigenvalue weighted by Gasteiger charge is -2.36. The van der Waals surface area contributed by atoms with Gasteiger partial charge in [0, 0.05) is 31.3 Å². The normalized spacial score (nSPS) is 18.7. The Morgan fingerprint density at radius 2 is 2.03 bits per heavy atom. The van der Waals surface area contributed by atoms with E-state index in [1.807, 2.05) is 0 Å². The Balaban J connectivity index is 1.57. The monoisotopic (exact) mass is 490 g/mol. The number of nitrogens with one attached hydrogen (secondary N) is 1. The van der Waals surface area contributed by atoms with E-state index in [0.29, 0.717) is 30.6 Å². The third-order valence-electron chi connectivity index (χ3n) is 6.19. The summed E-state index contributed by atoms with van der Waals surface area (Å²) in [6, 6.07) is 3.93. The SMILES string of the molecule is Nc1ncc(-c2cccc(C(F)(F)F)c2)c([C@H]2CCCCN2C(=O)CCCN2C(=O)CNC2=O)n1. The van der Waals surface area contributed by atoms with Crippen molar-refractivity contribution in [1.82, 2.24) is 25.1 Å². The summed E-state index contributed by atoms with van der Waals surface area (Å²) in [5, 5.41) is 2.44. The molecule has 1 aromatic heterocycles. The smallest absolute Gasteiger partial charge is 0.368 e. The summed E-state index contributed by atoms with van der Waals surface area (Å²) in [5.74, 6) is -0.554. The zero-order chi connectivity index (χ0) is 25.2. The van der Waals surface area contributed by atoms with Crippen molar-refractivity contribution in [3.8, 4) is 11.1 Å². The molecule has 2 aromatic rings. The maximum absolute atomic E-state index is 13.3. The third kappa shape index (κ3) is 5.36. The summed E-state index contributed by atoms with van der Waals surface area (Å²) in [7, 11) is 0. The highest BCUT2D eigenvalue weighted by molar-refractivity contribution is 6.01. The first-order valence-electron chi connectivity index (χ1n) is 11.3. The molecule has 3 heterocycles. The van der Waals surface area contributed by atoms with Gasteiger partial charge in [-0.2, -0.15) is 13.2 Å². The highest BCUT2D eigenvalue weighted by atomic mass is 19.4. The summed E-state index contributed by atoms with van der Waals surface area (Å²) < 4.78 is 39.9. The topological polar surface area (TPSA) is 122 Å². The number of anilines is 1. The largest absolute Gasteiger partial charge is 0.416 e. The van der Waals surface area contributed by atoms with Gasteiger partial charge in [0.05, 0.1) is 23.8 Å². The van der Waals surface area contributed by atoms with Crippen LogP contribution in [0, 0.1) is 0 Å². The van der Waals surface area contributed by atoms with E-state index in [-0.39, 0.29) is 42.8 Å². The molecule has 4 amide bonds. The van der Waals surface area contributed by atoms with Gasteiger partial charge in [0.1, 0.15) is 0 Å². The highest BCUT2D eigenvalue weighted by Gasteiger charge is 2.34. The van der Waals surface area contributed by atoms with Crippen LogP contribution in [0.1, 0.15) is 49.4 Å². The summed E-state index contributed by atoms with van der Waals surface area (Å²) in [6.07, 6.45) is -0.563. The number of alkyl halides is 3. The van der Waals surface area contributed by atoms with Crippen molar-refractivity contribution in [3.05, 3.63) is 41.7 Å². The molecule has 0 spiro atoms. The van der Waals surface area contributed by atoms with Crippen LogP contribution in [0.3, 0.4) is 0 Å². The van der Waals surface area contributed by atoms with Crippen molar-refractivity contribution in [3.63, 3.8) is 0 Å². The van der Waals surface area contributed by atoms with Crippen molar-refractivity contribution in [2.45, 2.75) is 44.3 Å². The number of amides is 4. The van der Waals surface area contributed by atoms with Crippen LogP contribution in [0.5, 0.6) is 0 Å². The second-order valence-electron chi connectivity index (χ2n) is 8.51. The Bertz CT molecular complexity index is 1120. The van der Waals surface area contributed by atoms with E-state index in [1.165, 1.54) is 12.3 Å². The molecule has 1 atom stereocenters. The summed E-state index contributed by atoms with van der Waals surface area (Å²) in [5.41, 5.74) is 6.10. The molecule has 0 bridgehead atoms. The van der Waals surface area contributed by atoms with Gasteiger partial charge in [-0.05, 0) is 43.4 Å². The Morgan fingerprint density at radius 3 is 2.74 bits per heavy atom. The van der Waals surface area contributed by atoms with Gasteiger partial charge in [-0.1, -0.05) is 12.1 Å². The number of piperidine rings is 1. The van der Waals surface area contributed by atoms with E-state index < -0.39 is 23.8 Å². The molecule has 2 aliphatic heterocycles. The molecule has 1 aromatic carbocycles. The van der Waals surface area contributed by atoms with Gasteiger partial charge in [-0.25, -0.2) is 14.8 Å². The molecular formula is C23H25F3N6O3. The first kappa shape index (κ1) is 24.4. The molecule has 2 fully saturated rings. The molecule has 35 heavy (non-hydrogen) atoms. The van der Waals surface area contributed by atoms with E-state index in [9.17, 15) is 27.6 Å². The Hall–Kier alpha value is -3.70. The molecule has 2 saturated heterocycles. The van der Waals surface area contributed by atoms with Crippen LogP contribution < -0.4 is 11.1 Å². The number of carbonyl (C=O) groups excluding carboxylic acids is 3. The minimum Gasteiger partial charge on any atom is -0.368 e. The van der Waals surface area contributed by atoms with Gasteiger partial charge >= 0.3 is 12.2 Å². The minimum atomic E-state index is -4.51. The van der Waals surface area contributed by atoms with Crippen molar-refractivity contribution >= 4 is 23.8 Å². The minimum absolute atomic E-state index is 0.0349. The van der Waals surface area contributed by atoms with Crippen molar-refractivity contribution < 1.29 is 27.6 Å². The van der Waals surface area contributed by atoms with Crippen LogP contribution in [-0.2, 0) is 15.8 Å². The Labute approximate surface area is 199 Å². The molecule has 3 N–H and O–H groups in total. The first-order valence-corrected chi connectivity index (χ1v) is 11.3. The van der Waals surface area contributed by atoms with Crippen LogP contribution in [0.25, 0.3) is 11.1 Å². The lowest BCUT2D eigenvalue weighted by atomic mass is 9.93. The molecule has 4 rings (SSSR count). The second kappa shape index (κ2) is 9.88. The number of hydrogen-bond donors (Lipinski definition) is 2. The number of carbonyl (C=O) groups is 3. The maximum Gasteiger partial charge on any atom is 0.416 e. The van der Waals surface area contributed by atoms with Crippen LogP contribution in [0.15, 0.2) is 30.5 Å². The predicted molar refractivity (Wildman–Crippen MR) is 120 cm³/mol. The fourth-order valence-corrected chi connectivity index (χ4v) is 4.48. The van der Waals surface area contributed by atoms with E-state index in [1.54, 1.807) is 11.0 Å². The molecule has 2 aliphatic rings. The number of nitrogens with two attached hydrogens (primary N) is 1. The van der Waals surface area contributed by atoms with Crippen molar-refractivity contribution in [2.75, 3.05) is 25.4 Å². The van der Waals surface area contributed by atoms with Crippen LogP contribution in [0.4, 0.5) is 23.9 Å². The third-order valence-corrected chi connectivity index (χ3v) is 6.19. The summed E-state index contributed by atoms with van der Waals surface area (Å²) >= 11 is 0. The van der Waals surface area contributed by atoms with Gasteiger partial charge < -0.3 is 16.0 Å². The lowest BCUT2D eigenvalue weighted by Crippen LogP contribution is -2.40. The van der Waals surface area contributed by atoms with E-state index in [2.05, 4.69) is 15.3 Å². The predicted octanol–water partition coefficient (Wildman–Crippen LogP) is 3.13. The maximum atomic E-state index is 13.3. The Morgan fingerprint density at radius 1 is 1.23 bits per heavy atom. The molecule has 186 valence electrons. The number of halogens is 3. The quantitative estimate of drug-likeness (QED) is 0.600. The summed E-state index contributed by atoms with van der Waals surface area (Å²) in [4.78, 5) is 47.6. The standard InChI is InChI=1S/C23H25F3N6O3/c24-23(25,26)15-6-3-5-14(11-15)16-12-28-21(27)30-20(16)17-7-1-2-9-31(17)18(33)8-4-10-32-19(34)13-29-22(32)35/h3,5-6,11-12,17H,1-2,4,7-10,13H2,(H,29,35)(H2,27,28,30)/t17-/m1/s1. The average Bonchev–Trinajstić information content (AvgIpc) is 3.15. The van der Waals surface area contributed by atoms with Crippen LogP contribution >= 0.6 is 0 Å². The van der Waals surface area contributed by atoms with E-state index in [0.717, 1.165) is 29.9 Å². The number of aromatic nitrogens is 2.